The highest BCUT2D eigenvalue weighted by molar-refractivity contribution is 6.30. The number of hydrogen-bond acceptors (Lipinski definition) is 3. The van der Waals surface area contributed by atoms with Gasteiger partial charge in [0.05, 0.1) is 13.7 Å². The third kappa shape index (κ3) is 3.74. The molecule has 0 aromatic heterocycles. The molecule has 0 amide bonds. The van der Waals surface area contributed by atoms with Gasteiger partial charge in [0.15, 0.2) is 0 Å². The lowest BCUT2D eigenvalue weighted by Crippen LogP contribution is -2.15. The summed E-state index contributed by atoms with van der Waals surface area (Å²) in [7, 11) is 1.51. The van der Waals surface area contributed by atoms with Gasteiger partial charge in [0, 0.05) is 5.02 Å². The van der Waals surface area contributed by atoms with Gasteiger partial charge in [-0.15, -0.1) is 0 Å². The number of halogens is 1. The largest absolute Gasteiger partial charge is 0.496 e. The minimum Gasteiger partial charge on any atom is -0.496 e. The number of carbonyl (C=O) groups excluding carboxylic acids is 1. The molecule has 1 aromatic carbocycles. The van der Waals surface area contributed by atoms with Gasteiger partial charge in [-0.3, -0.25) is 0 Å². The average molecular weight is 281 g/mol. The Balaban J connectivity index is 1.97. The maximum Gasteiger partial charge on any atom is 0.341 e. The van der Waals surface area contributed by atoms with Crippen LogP contribution in [0.15, 0.2) is 30.4 Å². The van der Waals surface area contributed by atoms with Crippen molar-refractivity contribution in [1.82, 2.24) is 0 Å². The molecular formula is C15H17ClO3. The fourth-order valence-corrected chi connectivity index (χ4v) is 2.27. The number of ether oxygens (including phenoxy) is 2. The van der Waals surface area contributed by atoms with Crippen LogP contribution in [-0.4, -0.2) is 19.7 Å². The molecule has 0 heterocycles. The fraction of sp³-hybridized carbons (Fsp3) is 0.400. The highest BCUT2D eigenvalue weighted by Crippen LogP contribution is 2.25. The summed E-state index contributed by atoms with van der Waals surface area (Å²) in [5.41, 5.74) is 0.415. The van der Waals surface area contributed by atoms with E-state index in [1.54, 1.807) is 18.2 Å². The van der Waals surface area contributed by atoms with E-state index in [4.69, 9.17) is 21.1 Å². The molecule has 1 atom stereocenters. The van der Waals surface area contributed by atoms with Gasteiger partial charge < -0.3 is 9.47 Å². The fourth-order valence-electron chi connectivity index (χ4n) is 2.11. The summed E-state index contributed by atoms with van der Waals surface area (Å²) < 4.78 is 10.5. The molecule has 0 spiro atoms. The van der Waals surface area contributed by atoms with E-state index in [9.17, 15) is 4.79 Å². The monoisotopic (exact) mass is 280 g/mol. The van der Waals surface area contributed by atoms with E-state index < -0.39 is 0 Å². The van der Waals surface area contributed by atoms with Crippen molar-refractivity contribution >= 4 is 17.6 Å². The van der Waals surface area contributed by atoms with Crippen LogP contribution < -0.4 is 4.74 Å². The first kappa shape index (κ1) is 13.9. The number of esters is 1. The number of benzene rings is 1. The van der Waals surface area contributed by atoms with Crippen LogP contribution in [0.4, 0.5) is 0 Å². The van der Waals surface area contributed by atoms with Gasteiger partial charge in [-0.25, -0.2) is 4.79 Å². The molecule has 0 fully saturated rings. The minimum absolute atomic E-state index is 0.358. The molecule has 1 aliphatic rings. The van der Waals surface area contributed by atoms with Crippen LogP contribution in [0.2, 0.25) is 5.02 Å². The number of allylic oxidation sites excluding steroid dienone is 2. The second kappa shape index (κ2) is 6.62. The standard InChI is InChI=1S/C15H17ClO3/c1-18-14-9-12(16)7-8-13(14)15(17)19-10-11-5-3-2-4-6-11/h2-3,7-9,11H,4-6,10H2,1H3. The first-order valence-electron chi connectivity index (χ1n) is 6.36. The van der Waals surface area contributed by atoms with Gasteiger partial charge in [0.25, 0.3) is 0 Å². The van der Waals surface area contributed by atoms with E-state index in [0.717, 1.165) is 19.3 Å². The Morgan fingerprint density at radius 3 is 2.95 bits per heavy atom. The van der Waals surface area contributed by atoms with E-state index in [2.05, 4.69) is 12.2 Å². The molecule has 1 aliphatic carbocycles. The predicted octanol–water partition coefficient (Wildman–Crippen LogP) is 3.86. The SMILES string of the molecule is COc1cc(Cl)ccc1C(=O)OCC1CC=CCC1. The van der Waals surface area contributed by atoms with Gasteiger partial charge in [-0.2, -0.15) is 0 Å². The van der Waals surface area contributed by atoms with E-state index in [-0.39, 0.29) is 5.97 Å². The van der Waals surface area contributed by atoms with Gasteiger partial charge in [-0.1, -0.05) is 23.8 Å². The van der Waals surface area contributed by atoms with E-state index in [1.807, 2.05) is 0 Å². The summed E-state index contributed by atoms with van der Waals surface area (Å²) in [6, 6.07) is 4.90. The highest BCUT2D eigenvalue weighted by atomic mass is 35.5. The zero-order chi connectivity index (χ0) is 13.7. The van der Waals surface area contributed by atoms with Gasteiger partial charge in [0.2, 0.25) is 0 Å². The summed E-state index contributed by atoms with van der Waals surface area (Å²) in [5.74, 6) is 0.511. The average Bonchev–Trinajstić information content (AvgIpc) is 2.45. The van der Waals surface area contributed by atoms with Crippen molar-refractivity contribution in [1.29, 1.82) is 0 Å². The number of methoxy groups -OCH3 is 1. The third-order valence-electron chi connectivity index (χ3n) is 3.21. The Bertz CT molecular complexity index is 482. The minimum atomic E-state index is -0.358. The Morgan fingerprint density at radius 2 is 2.26 bits per heavy atom. The number of hydrogen-bond donors (Lipinski definition) is 0. The number of rotatable bonds is 4. The first-order valence-corrected chi connectivity index (χ1v) is 6.74. The molecule has 1 aromatic rings. The second-order valence-electron chi connectivity index (χ2n) is 4.59. The van der Waals surface area contributed by atoms with Crippen molar-refractivity contribution in [3.63, 3.8) is 0 Å². The molecule has 0 saturated heterocycles. The molecule has 102 valence electrons. The summed E-state index contributed by atoms with van der Waals surface area (Å²) in [6.45, 7) is 0.453. The van der Waals surface area contributed by atoms with Crippen LogP contribution in [0.3, 0.4) is 0 Å². The molecule has 1 unspecified atom stereocenters. The van der Waals surface area contributed by atoms with E-state index in [1.165, 1.54) is 7.11 Å². The molecule has 0 N–H and O–H groups in total. The first-order chi connectivity index (χ1) is 9.20. The van der Waals surface area contributed by atoms with Crippen molar-refractivity contribution in [3.8, 4) is 5.75 Å². The maximum atomic E-state index is 12.0. The molecule has 4 heteroatoms. The highest BCUT2D eigenvalue weighted by Gasteiger charge is 2.17. The molecule has 0 saturated carbocycles. The molecular weight excluding hydrogens is 264 g/mol. The normalized spacial score (nSPS) is 18.1. The van der Waals surface area contributed by atoms with Gasteiger partial charge >= 0.3 is 5.97 Å². The van der Waals surface area contributed by atoms with Crippen LogP contribution in [0, 0.1) is 5.92 Å². The van der Waals surface area contributed by atoms with Crippen LogP contribution in [-0.2, 0) is 4.74 Å². The zero-order valence-corrected chi connectivity index (χ0v) is 11.7. The van der Waals surface area contributed by atoms with Gasteiger partial charge in [0.1, 0.15) is 11.3 Å². The summed E-state index contributed by atoms with van der Waals surface area (Å²) in [6.07, 6.45) is 7.42. The lowest BCUT2D eigenvalue weighted by molar-refractivity contribution is 0.0428. The predicted molar refractivity (Wildman–Crippen MR) is 74.8 cm³/mol. The third-order valence-corrected chi connectivity index (χ3v) is 3.45. The molecule has 19 heavy (non-hydrogen) atoms. The Morgan fingerprint density at radius 1 is 1.42 bits per heavy atom. The van der Waals surface area contributed by atoms with Crippen LogP contribution in [0.1, 0.15) is 29.6 Å². The molecule has 3 nitrogen and oxygen atoms in total. The van der Waals surface area contributed by atoms with Crippen LogP contribution in [0.25, 0.3) is 0 Å². The van der Waals surface area contributed by atoms with Crippen molar-refractivity contribution in [2.45, 2.75) is 19.3 Å². The van der Waals surface area contributed by atoms with Crippen molar-refractivity contribution in [2.24, 2.45) is 5.92 Å². The van der Waals surface area contributed by atoms with Gasteiger partial charge in [-0.05, 0) is 43.4 Å². The lowest BCUT2D eigenvalue weighted by Gasteiger charge is -2.17. The lowest BCUT2D eigenvalue weighted by atomic mass is 9.95. The van der Waals surface area contributed by atoms with Crippen LogP contribution in [0.5, 0.6) is 5.75 Å². The maximum absolute atomic E-state index is 12.0. The zero-order valence-electron chi connectivity index (χ0n) is 10.9. The summed E-state index contributed by atoms with van der Waals surface area (Å²) in [4.78, 5) is 12.0. The Labute approximate surface area is 118 Å². The molecule has 0 aliphatic heterocycles. The quantitative estimate of drug-likeness (QED) is 0.620. The van der Waals surface area contributed by atoms with Crippen molar-refractivity contribution < 1.29 is 14.3 Å². The molecule has 0 bridgehead atoms. The van der Waals surface area contributed by atoms with E-state index in [0.29, 0.717) is 28.9 Å². The topological polar surface area (TPSA) is 35.5 Å². The molecule has 0 radical (unpaired) electrons. The Hall–Kier alpha value is -1.48. The van der Waals surface area contributed by atoms with Crippen molar-refractivity contribution in [3.05, 3.63) is 40.9 Å². The van der Waals surface area contributed by atoms with Crippen LogP contribution >= 0.6 is 11.6 Å². The van der Waals surface area contributed by atoms with Crippen molar-refractivity contribution in [2.75, 3.05) is 13.7 Å². The summed E-state index contributed by atoms with van der Waals surface area (Å²) in [5, 5.41) is 0.533. The smallest absolute Gasteiger partial charge is 0.341 e. The number of carbonyl (C=O) groups is 1. The summed E-state index contributed by atoms with van der Waals surface area (Å²) >= 11 is 5.86. The van der Waals surface area contributed by atoms with E-state index >= 15 is 0 Å². The molecule has 2 rings (SSSR count). The second-order valence-corrected chi connectivity index (χ2v) is 5.03. The Kier molecular flexibility index (Phi) is 4.86.